The first-order valence-corrected chi connectivity index (χ1v) is 12.9. The second kappa shape index (κ2) is 13.3. The van der Waals surface area contributed by atoms with Crippen molar-refractivity contribution < 1.29 is 12.8 Å². The van der Waals surface area contributed by atoms with Crippen molar-refractivity contribution in [2.24, 2.45) is 17.6 Å². The van der Waals surface area contributed by atoms with Gasteiger partial charge in [-0.2, -0.15) is 0 Å². The zero-order chi connectivity index (χ0) is 23.4. The van der Waals surface area contributed by atoms with Crippen molar-refractivity contribution >= 4 is 20.8 Å². The van der Waals surface area contributed by atoms with E-state index in [-0.39, 0.29) is 0 Å². The predicted octanol–water partition coefficient (Wildman–Crippen LogP) is 6.49. The summed E-state index contributed by atoms with van der Waals surface area (Å²) in [7, 11) is -3.11. The maximum Gasteiger partial charge on any atom is 0.175 e. The summed E-state index contributed by atoms with van der Waals surface area (Å²) >= 11 is 0. The summed E-state index contributed by atoms with van der Waals surface area (Å²) in [6, 6.07) is 17.4. The standard InChI is InChI=1S/C12H19N.C9H8O3S.C5H12/c1-3-12(13)10(2)9-11-7-5-4-6-8-11;1-13(10,11)8-2-3-9-7(6-8)4-5-12-9;1-4-5(2)3/h4-8,10,12H,3,9,13H2,1-2H3;2-6H,1H3;5H,4H2,1-3H3/t10-,12+;;/m0../s1. The van der Waals surface area contributed by atoms with Gasteiger partial charge in [0.1, 0.15) is 5.58 Å². The highest BCUT2D eigenvalue weighted by molar-refractivity contribution is 7.90. The van der Waals surface area contributed by atoms with Gasteiger partial charge in [-0.25, -0.2) is 8.42 Å². The smallest absolute Gasteiger partial charge is 0.175 e. The molecular formula is C26H39NO3S. The Hall–Kier alpha value is -2.11. The topological polar surface area (TPSA) is 73.3 Å². The summed E-state index contributed by atoms with van der Waals surface area (Å²) in [5, 5.41) is 0.808. The van der Waals surface area contributed by atoms with E-state index in [1.54, 1.807) is 24.3 Å². The van der Waals surface area contributed by atoms with E-state index in [1.165, 1.54) is 24.5 Å². The van der Waals surface area contributed by atoms with E-state index in [0.29, 0.717) is 22.4 Å². The van der Waals surface area contributed by atoms with Crippen LogP contribution in [0.2, 0.25) is 0 Å². The van der Waals surface area contributed by atoms with Crippen molar-refractivity contribution in [2.75, 3.05) is 6.26 Å². The summed E-state index contributed by atoms with van der Waals surface area (Å²) in [6.07, 6.45) is 6.19. The van der Waals surface area contributed by atoms with E-state index in [0.717, 1.165) is 24.1 Å². The highest BCUT2D eigenvalue weighted by Crippen LogP contribution is 2.19. The molecule has 0 bridgehead atoms. The van der Waals surface area contributed by atoms with Crippen LogP contribution in [0, 0.1) is 11.8 Å². The number of hydrogen-bond acceptors (Lipinski definition) is 4. The largest absolute Gasteiger partial charge is 0.464 e. The van der Waals surface area contributed by atoms with E-state index >= 15 is 0 Å². The molecule has 0 spiro atoms. The van der Waals surface area contributed by atoms with Gasteiger partial charge in [-0.1, -0.05) is 71.4 Å². The van der Waals surface area contributed by atoms with Crippen LogP contribution in [0.5, 0.6) is 0 Å². The molecule has 0 aliphatic rings. The summed E-state index contributed by atoms with van der Waals surface area (Å²) in [6.45, 7) is 11.0. The van der Waals surface area contributed by atoms with Gasteiger partial charge in [0.15, 0.2) is 9.84 Å². The van der Waals surface area contributed by atoms with Crippen LogP contribution in [0.25, 0.3) is 11.0 Å². The third kappa shape index (κ3) is 10.2. The first-order valence-electron chi connectivity index (χ1n) is 11.0. The molecule has 0 fully saturated rings. The van der Waals surface area contributed by atoms with Gasteiger partial charge in [-0.3, -0.25) is 0 Å². The van der Waals surface area contributed by atoms with Gasteiger partial charge in [0, 0.05) is 17.7 Å². The molecule has 5 heteroatoms. The van der Waals surface area contributed by atoms with Gasteiger partial charge < -0.3 is 10.2 Å². The van der Waals surface area contributed by atoms with Crippen LogP contribution >= 0.6 is 0 Å². The first kappa shape index (κ1) is 26.9. The molecule has 0 unspecified atom stereocenters. The van der Waals surface area contributed by atoms with Crippen molar-refractivity contribution in [3.8, 4) is 0 Å². The second-order valence-electron chi connectivity index (χ2n) is 8.43. The Bertz CT molecular complexity index is 978. The number of rotatable bonds is 6. The fourth-order valence-corrected chi connectivity index (χ4v) is 3.37. The number of benzene rings is 2. The summed E-state index contributed by atoms with van der Waals surface area (Å²) in [5.41, 5.74) is 8.05. The van der Waals surface area contributed by atoms with Crippen molar-refractivity contribution in [3.05, 3.63) is 66.4 Å². The van der Waals surface area contributed by atoms with Crippen molar-refractivity contribution in [1.82, 2.24) is 0 Å². The van der Waals surface area contributed by atoms with Crippen LogP contribution in [0.3, 0.4) is 0 Å². The van der Waals surface area contributed by atoms with Gasteiger partial charge in [0.25, 0.3) is 0 Å². The Morgan fingerprint density at radius 3 is 2.06 bits per heavy atom. The van der Waals surface area contributed by atoms with E-state index in [4.69, 9.17) is 10.2 Å². The SMILES string of the molecule is CCC(C)C.CC[C@@H](N)[C@@H](C)Cc1ccccc1.CS(=O)(=O)c1ccc2occc2c1. The quantitative estimate of drug-likeness (QED) is 0.470. The zero-order valence-electron chi connectivity index (χ0n) is 19.8. The third-order valence-corrected chi connectivity index (χ3v) is 6.38. The molecule has 2 atom stereocenters. The Balaban J connectivity index is 0.000000256. The lowest BCUT2D eigenvalue weighted by molar-refractivity contribution is 0.442. The molecule has 2 aromatic carbocycles. The van der Waals surface area contributed by atoms with Crippen LogP contribution < -0.4 is 5.73 Å². The molecule has 1 aromatic heterocycles. The molecule has 4 nitrogen and oxygen atoms in total. The average Bonchev–Trinajstić information content (AvgIpc) is 3.22. The normalized spacial score (nSPS) is 13.0. The van der Waals surface area contributed by atoms with Crippen molar-refractivity contribution in [2.45, 2.75) is 64.8 Å². The summed E-state index contributed by atoms with van der Waals surface area (Å²) in [5.74, 6) is 1.46. The Labute approximate surface area is 188 Å². The molecule has 1 heterocycles. The third-order valence-electron chi connectivity index (χ3n) is 5.27. The minimum atomic E-state index is -3.11. The minimum Gasteiger partial charge on any atom is -0.464 e. The van der Waals surface area contributed by atoms with E-state index in [9.17, 15) is 8.42 Å². The fraction of sp³-hybridized carbons (Fsp3) is 0.462. The van der Waals surface area contributed by atoms with Gasteiger partial charge in [-0.05, 0) is 54.5 Å². The number of fused-ring (bicyclic) bond motifs is 1. The maximum absolute atomic E-state index is 11.2. The minimum absolute atomic E-state index is 0.321. The Morgan fingerprint density at radius 2 is 1.55 bits per heavy atom. The van der Waals surface area contributed by atoms with Crippen LogP contribution in [0.15, 0.2) is 70.2 Å². The average molecular weight is 446 g/mol. The van der Waals surface area contributed by atoms with Crippen LogP contribution in [-0.4, -0.2) is 20.7 Å². The predicted molar refractivity (Wildman–Crippen MR) is 132 cm³/mol. The van der Waals surface area contributed by atoms with E-state index < -0.39 is 9.84 Å². The molecule has 3 rings (SSSR count). The first-order chi connectivity index (χ1) is 14.6. The molecule has 0 saturated carbocycles. The molecule has 0 saturated heterocycles. The van der Waals surface area contributed by atoms with Crippen molar-refractivity contribution in [1.29, 1.82) is 0 Å². The lowest BCUT2D eigenvalue weighted by Crippen LogP contribution is -2.28. The molecular weight excluding hydrogens is 406 g/mol. The van der Waals surface area contributed by atoms with Crippen LogP contribution in [0.4, 0.5) is 0 Å². The maximum atomic E-state index is 11.2. The lowest BCUT2D eigenvalue weighted by atomic mass is 9.93. The van der Waals surface area contributed by atoms with E-state index in [2.05, 4.69) is 58.9 Å². The Morgan fingerprint density at radius 1 is 0.935 bits per heavy atom. The highest BCUT2D eigenvalue weighted by Gasteiger charge is 2.10. The molecule has 0 radical (unpaired) electrons. The lowest BCUT2D eigenvalue weighted by Gasteiger charge is -2.17. The summed E-state index contributed by atoms with van der Waals surface area (Å²) < 4.78 is 27.4. The van der Waals surface area contributed by atoms with Gasteiger partial charge >= 0.3 is 0 Å². The molecule has 2 N–H and O–H groups in total. The Kier molecular flexibility index (Phi) is 11.6. The van der Waals surface area contributed by atoms with Gasteiger partial charge in [0.05, 0.1) is 11.2 Å². The van der Waals surface area contributed by atoms with E-state index in [1.807, 2.05) is 6.07 Å². The number of sulfone groups is 1. The van der Waals surface area contributed by atoms with Gasteiger partial charge in [-0.15, -0.1) is 0 Å². The zero-order valence-corrected chi connectivity index (χ0v) is 20.7. The number of hydrogen-bond donors (Lipinski definition) is 1. The highest BCUT2D eigenvalue weighted by atomic mass is 32.2. The van der Waals surface area contributed by atoms with Crippen molar-refractivity contribution in [3.63, 3.8) is 0 Å². The molecule has 3 aromatic rings. The second-order valence-corrected chi connectivity index (χ2v) is 10.4. The van der Waals surface area contributed by atoms with Crippen LogP contribution in [-0.2, 0) is 16.3 Å². The number of furan rings is 1. The molecule has 31 heavy (non-hydrogen) atoms. The molecule has 0 aliphatic carbocycles. The fourth-order valence-electron chi connectivity index (χ4n) is 2.72. The monoisotopic (exact) mass is 445 g/mol. The van der Waals surface area contributed by atoms with Gasteiger partial charge in [0.2, 0.25) is 0 Å². The molecule has 0 amide bonds. The number of nitrogens with two attached hydrogens (primary N) is 1. The van der Waals surface area contributed by atoms with Crippen LogP contribution in [0.1, 0.15) is 53.0 Å². The molecule has 0 aliphatic heterocycles. The molecule has 172 valence electrons. The summed E-state index contributed by atoms with van der Waals surface area (Å²) in [4.78, 5) is 0.321.